The Balaban J connectivity index is 2.06. The molecule has 0 saturated carbocycles. The van der Waals surface area contributed by atoms with Crippen molar-refractivity contribution >= 4 is 38.4 Å². The molecule has 2 aromatic rings. The molecule has 8 heteroatoms. The summed E-state index contributed by atoms with van der Waals surface area (Å²) < 4.78 is 31.6. The molecule has 1 N–H and O–H groups in total. The molecule has 3 rings (SSSR count). The lowest BCUT2D eigenvalue weighted by Gasteiger charge is -2.28. The maximum atomic E-state index is 13.0. The highest BCUT2D eigenvalue weighted by Crippen LogP contribution is 2.26. The number of methoxy groups -OCH3 is 1. The Labute approximate surface area is 144 Å². The largest absolute Gasteiger partial charge is 0.464 e. The van der Waals surface area contributed by atoms with Gasteiger partial charge in [-0.3, -0.25) is 4.31 Å². The van der Waals surface area contributed by atoms with Gasteiger partial charge in [0.25, 0.3) is 10.0 Å². The van der Waals surface area contributed by atoms with Gasteiger partial charge in [0.05, 0.1) is 18.6 Å². The van der Waals surface area contributed by atoms with Crippen molar-refractivity contribution in [2.45, 2.75) is 4.90 Å². The van der Waals surface area contributed by atoms with Crippen LogP contribution in [-0.4, -0.2) is 38.9 Å². The average Bonchev–Trinajstić information content (AvgIpc) is 2.60. The number of esters is 1. The summed E-state index contributed by atoms with van der Waals surface area (Å²) in [5.74, 6) is -0.710. The van der Waals surface area contributed by atoms with Crippen LogP contribution in [0, 0.1) is 0 Å². The number of nitrogens with zero attached hydrogens (tertiary/aromatic N) is 1. The first kappa shape index (κ1) is 16.6. The Morgan fingerprint density at radius 3 is 2.67 bits per heavy atom. The SMILES string of the molecule is COC(=O)C1=CNCCN1S(=O)(=O)c1ccc2cc(Cl)ccc2c1. The van der Waals surface area contributed by atoms with Gasteiger partial charge in [-0.25, -0.2) is 13.2 Å². The Bertz CT molecular complexity index is 940. The summed E-state index contributed by atoms with van der Waals surface area (Å²) in [4.78, 5) is 12.0. The molecule has 0 unspecified atom stereocenters. The summed E-state index contributed by atoms with van der Waals surface area (Å²) in [6.07, 6.45) is 1.35. The average molecular weight is 367 g/mol. The van der Waals surface area contributed by atoms with E-state index in [4.69, 9.17) is 11.6 Å². The molecule has 0 atom stereocenters. The molecule has 0 aromatic heterocycles. The van der Waals surface area contributed by atoms with E-state index >= 15 is 0 Å². The summed E-state index contributed by atoms with van der Waals surface area (Å²) >= 11 is 5.95. The minimum atomic E-state index is -3.88. The molecular formula is C16H15ClN2O4S. The number of nitrogens with one attached hydrogen (secondary N) is 1. The van der Waals surface area contributed by atoms with Crippen molar-refractivity contribution in [1.29, 1.82) is 0 Å². The maximum Gasteiger partial charge on any atom is 0.356 e. The third-order valence-electron chi connectivity index (χ3n) is 3.72. The second kappa shape index (κ2) is 6.33. The Morgan fingerprint density at radius 2 is 1.92 bits per heavy atom. The first-order chi connectivity index (χ1) is 11.4. The van der Waals surface area contributed by atoms with Gasteiger partial charge in [-0.15, -0.1) is 0 Å². The molecule has 2 aromatic carbocycles. The summed E-state index contributed by atoms with van der Waals surface area (Å²) in [7, 11) is -2.67. The number of hydrogen-bond donors (Lipinski definition) is 1. The second-order valence-corrected chi connectivity index (χ2v) is 7.50. The summed E-state index contributed by atoms with van der Waals surface area (Å²) in [6.45, 7) is 0.546. The smallest absolute Gasteiger partial charge is 0.356 e. The molecule has 0 fully saturated rings. The lowest BCUT2D eigenvalue weighted by atomic mass is 10.1. The van der Waals surface area contributed by atoms with Crippen molar-refractivity contribution in [1.82, 2.24) is 9.62 Å². The molecular weight excluding hydrogens is 352 g/mol. The highest BCUT2D eigenvalue weighted by molar-refractivity contribution is 7.89. The number of benzene rings is 2. The molecule has 0 saturated heterocycles. The number of rotatable bonds is 3. The van der Waals surface area contributed by atoms with Gasteiger partial charge >= 0.3 is 5.97 Å². The molecule has 0 spiro atoms. The topological polar surface area (TPSA) is 75.7 Å². The van der Waals surface area contributed by atoms with E-state index in [-0.39, 0.29) is 17.1 Å². The highest BCUT2D eigenvalue weighted by atomic mass is 35.5. The molecule has 6 nitrogen and oxygen atoms in total. The van der Waals surface area contributed by atoms with Crippen LogP contribution < -0.4 is 5.32 Å². The van der Waals surface area contributed by atoms with Crippen LogP contribution in [0.4, 0.5) is 0 Å². The van der Waals surface area contributed by atoms with Crippen LogP contribution in [-0.2, 0) is 19.6 Å². The van der Waals surface area contributed by atoms with E-state index in [1.807, 2.05) is 0 Å². The van der Waals surface area contributed by atoms with Crippen molar-refractivity contribution < 1.29 is 17.9 Å². The molecule has 0 amide bonds. The number of halogens is 1. The van der Waals surface area contributed by atoms with Gasteiger partial charge in [0.2, 0.25) is 0 Å². The molecule has 0 radical (unpaired) electrons. The summed E-state index contributed by atoms with van der Waals surface area (Å²) in [6, 6.07) is 9.98. The predicted molar refractivity (Wildman–Crippen MR) is 91.0 cm³/mol. The number of ether oxygens (including phenoxy) is 1. The first-order valence-corrected chi connectivity index (χ1v) is 8.99. The zero-order valence-corrected chi connectivity index (χ0v) is 14.4. The summed E-state index contributed by atoms with van der Waals surface area (Å²) in [5.41, 5.74) is -0.0417. The van der Waals surface area contributed by atoms with E-state index in [0.29, 0.717) is 11.6 Å². The van der Waals surface area contributed by atoms with Crippen LogP contribution in [0.15, 0.2) is 53.2 Å². The van der Waals surface area contributed by atoms with E-state index in [0.717, 1.165) is 15.1 Å². The number of hydrogen-bond acceptors (Lipinski definition) is 5. The number of fused-ring (bicyclic) bond motifs is 1. The van der Waals surface area contributed by atoms with E-state index in [1.54, 1.807) is 30.3 Å². The second-order valence-electron chi connectivity index (χ2n) is 5.21. The number of carbonyl (C=O) groups is 1. The predicted octanol–water partition coefficient (Wildman–Crippen LogP) is 2.10. The van der Waals surface area contributed by atoms with E-state index in [9.17, 15) is 13.2 Å². The molecule has 1 aliphatic heterocycles. The third kappa shape index (κ3) is 2.92. The standard InChI is InChI=1S/C16H15ClN2O4S/c1-23-16(20)15-10-18-6-7-19(15)24(21,22)14-5-3-11-8-13(17)4-2-12(11)9-14/h2-5,8-10,18H,6-7H2,1H3. The molecule has 1 aliphatic rings. The van der Waals surface area contributed by atoms with Crippen molar-refractivity contribution in [3.8, 4) is 0 Å². The zero-order chi connectivity index (χ0) is 17.3. The fraction of sp³-hybridized carbons (Fsp3) is 0.188. The molecule has 0 aliphatic carbocycles. The highest BCUT2D eigenvalue weighted by Gasteiger charge is 2.32. The van der Waals surface area contributed by atoms with Gasteiger partial charge in [-0.2, -0.15) is 0 Å². The van der Waals surface area contributed by atoms with Crippen molar-refractivity contribution in [2.24, 2.45) is 0 Å². The minimum absolute atomic E-state index is 0.0417. The normalized spacial score (nSPS) is 14.9. The fourth-order valence-electron chi connectivity index (χ4n) is 2.52. The van der Waals surface area contributed by atoms with Crippen LogP contribution >= 0.6 is 11.6 Å². The van der Waals surface area contributed by atoms with Gasteiger partial charge in [0.1, 0.15) is 0 Å². The van der Waals surface area contributed by atoms with Gasteiger partial charge in [0.15, 0.2) is 5.70 Å². The summed E-state index contributed by atoms with van der Waals surface area (Å²) in [5, 5.41) is 5.02. The number of sulfonamides is 1. The molecule has 126 valence electrons. The van der Waals surface area contributed by atoms with E-state index < -0.39 is 16.0 Å². The van der Waals surface area contributed by atoms with Gasteiger partial charge < -0.3 is 10.1 Å². The Kier molecular flexibility index (Phi) is 4.38. The van der Waals surface area contributed by atoms with Crippen LogP contribution in [0.5, 0.6) is 0 Å². The van der Waals surface area contributed by atoms with Gasteiger partial charge in [0, 0.05) is 17.8 Å². The molecule has 24 heavy (non-hydrogen) atoms. The van der Waals surface area contributed by atoms with Crippen LogP contribution in [0.3, 0.4) is 0 Å². The van der Waals surface area contributed by atoms with E-state index in [1.165, 1.54) is 19.4 Å². The lowest BCUT2D eigenvalue weighted by Crippen LogP contribution is -2.42. The zero-order valence-electron chi connectivity index (χ0n) is 12.8. The monoisotopic (exact) mass is 366 g/mol. The van der Waals surface area contributed by atoms with Crippen LogP contribution in [0.1, 0.15) is 0 Å². The maximum absolute atomic E-state index is 13.0. The third-order valence-corrected chi connectivity index (χ3v) is 5.77. The Hall–Kier alpha value is -2.25. The Morgan fingerprint density at radius 1 is 1.21 bits per heavy atom. The van der Waals surface area contributed by atoms with E-state index in [2.05, 4.69) is 10.1 Å². The first-order valence-electron chi connectivity index (χ1n) is 7.17. The van der Waals surface area contributed by atoms with Crippen LogP contribution in [0.2, 0.25) is 5.02 Å². The number of carbonyl (C=O) groups excluding carboxylic acids is 1. The molecule has 0 bridgehead atoms. The fourth-order valence-corrected chi connectivity index (χ4v) is 4.19. The van der Waals surface area contributed by atoms with Crippen molar-refractivity contribution in [3.63, 3.8) is 0 Å². The van der Waals surface area contributed by atoms with Gasteiger partial charge in [-0.05, 0) is 35.0 Å². The minimum Gasteiger partial charge on any atom is -0.464 e. The lowest BCUT2D eigenvalue weighted by molar-refractivity contribution is -0.137. The van der Waals surface area contributed by atoms with Crippen LogP contribution in [0.25, 0.3) is 10.8 Å². The quantitative estimate of drug-likeness (QED) is 0.842. The van der Waals surface area contributed by atoms with Crippen molar-refractivity contribution in [2.75, 3.05) is 20.2 Å². The van der Waals surface area contributed by atoms with Crippen molar-refractivity contribution in [3.05, 3.63) is 53.3 Å². The van der Waals surface area contributed by atoms with Gasteiger partial charge in [-0.1, -0.05) is 23.7 Å². The molecule has 1 heterocycles.